The van der Waals surface area contributed by atoms with Gasteiger partial charge in [-0.25, -0.2) is 0 Å². The molecule has 10 rings (SSSR count). The summed E-state index contributed by atoms with van der Waals surface area (Å²) in [5, 5.41) is 6.44. The van der Waals surface area contributed by atoms with E-state index in [9.17, 15) is 24.0 Å². The van der Waals surface area contributed by atoms with Gasteiger partial charge in [0.15, 0.2) is 11.6 Å². The summed E-state index contributed by atoms with van der Waals surface area (Å²) in [7, 11) is 0. The average molecular weight is 1130 g/mol. The van der Waals surface area contributed by atoms with Gasteiger partial charge in [-0.1, -0.05) is 207 Å². The SMILES string of the molecule is C#Cc1ccc(C(=O)c2ccc(C(C)(C)C)cc2)cc1.C#Cc1ccc(C(=O)c2ccc(CC(C)(C)C)cc2)cc1.CC(C)(C)C(=O)Cc1ccccc1.CC(C)(C)C(=O)NC12CC3CC(CC(C3)C1)C2.CC(C)C(=O)NCC1CCCCC1. The Balaban J connectivity index is 0.000000195. The number of carbonyl (C=O) groups is 5. The van der Waals surface area contributed by atoms with Gasteiger partial charge in [0.1, 0.15) is 5.78 Å². The van der Waals surface area contributed by atoms with Crippen LogP contribution in [0.4, 0.5) is 0 Å². The van der Waals surface area contributed by atoms with E-state index in [0.717, 1.165) is 53.3 Å². The zero-order valence-corrected chi connectivity index (χ0v) is 53.6. The number of nitrogens with one attached hydrogen (secondary N) is 2. The Bertz CT molecular complexity index is 2970. The zero-order valence-electron chi connectivity index (χ0n) is 53.6. The summed E-state index contributed by atoms with van der Waals surface area (Å²) in [6, 6.07) is 39.8. The smallest absolute Gasteiger partial charge is 0.225 e. The maximum Gasteiger partial charge on any atom is 0.225 e. The molecule has 4 bridgehead atoms. The minimum Gasteiger partial charge on any atom is -0.356 e. The Hall–Kier alpha value is -6.83. The van der Waals surface area contributed by atoms with E-state index in [1.165, 1.54) is 81.8 Å². The second kappa shape index (κ2) is 30.3. The number of terminal acetylenes is 2. The van der Waals surface area contributed by atoms with Crippen molar-refractivity contribution in [2.45, 2.75) is 191 Å². The number of rotatable bonds is 11. The maximum atomic E-state index is 12.4. The predicted molar refractivity (Wildman–Crippen MR) is 348 cm³/mol. The van der Waals surface area contributed by atoms with E-state index in [0.29, 0.717) is 34.5 Å². The lowest BCUT2D eigenvalue weighted by Gasteiger charge is -2.57. The highest BCUT2D eigenvalue weighted by molar-refractivity contribution is 6.09. The fraction of sp³-hybridized carbons (Fsp3) is 0.494. The van der Waals surface area contributed by atoms with Crippen LogP contribution in [-0.4, -0.2) is 41.2 Å². The van der Waals surface area contributed by atoms with Crippen molar-refractivity contribution < 1.29 is 24.0 Å². The van der Waals surface area contributed by atoms with Crippen molar-refractivity contribution >= 4 is 29.2 Å². The van der Waals surface area contributed by atoms with Crippen LogP contribution in [0.1, 0.15) is 227 Å². The molecular formula is C77H100N2O5. The topological polar surface area (TPSA) is 109 Å². The third-order valence-electron chi connectivity index (χ3n) is 16.5. The highest BCUT2D eigenvalue weighted by Crippen LogP contribution is 2.55. The van der Waals surface area contributed by atoms with Crippen LogP contribution in [0.5, 0.6) is 0 Å². The lowest BCUT2D eigenvalue weighted by Crippen LogP contribution is -2.61. The van der Waals surface area contributed by atoms with Gasteiger partial charge in [0.2, 0.25) is 11.8 Å². The molecule has 7 nitrogen and oxygen atoms in total. The van der Waals surface area contributed by atoms with E-state index in [4.69, 9.17) is 12.8 Å². The van der Waals surface area contributed by atoms with E-state index in [-0.39, 0.29) is 56.5 Å². The number of amides is 2. The van der Waals surface area contributed by atoms with Crippen molar-refractivity contribution in [2.24, 2.45) is 45.8 Å². The zero-order chi connectivity index (χ0) is 62.0. The molecule has 5 aliphatic carbocycles. The summed E-state index contributed by atoms with van der Waals surface area (Å²) in [6.45, 7) is 29.8. The Labute approximate surface area is 507 Å². The van der Waals surface area contributed by atoms with E-state index < -0.39 is 0 Å². The molecule has 0 saturated heterocycles. The maximum absolute atomic E-state index is 12.4. The molecule has 448 valence electrons. The van der Waals surface area contributed by atoms with Gasteiger partial charge in [-0.3, -0.25) is 24.0 Å². The number of carbonyl (C=O) groups excluding carboxylic acids is 5. The molecule has 2 amide bonds. The second-order valence-electron chi connectivity index (χ2n) is 29.0. The normalized spacial score (nSPS) is 18.9. The summed E-state index contributed by atoms with van der Waals surface area (Å²) in [5.41, 5.74) is 7.92. The number of Topliss-reactive ketones (excluding diaryl/α,β-unsaturated/α-hetero) is 1. The quantitative estimate of drug-likeness (QED) is 0.101. The van der Waals surface area contributed by atoms with Gasteiger partial charge in [-0.2, -0.15) is 0 Å². The predicted octanol–water partition coefficient (Wildman–Crippen LogP) is 17.0. The summed E-state index contributed by atoms with van der Waals surface area (Å²) in [4.78, 5) is 59.9. The van der Waals surface area contributed by atoms with E-state index in [1.54, 1.807) is 48.5 Å². The minimum absolute atomic E-state index is 0.0223. The first kappa shape index (κ1) is 68.0. The van der Waals surface area contributed by atoms with Crippen molar-refractivity contribution in [2.75, 3.05) is 6.54 Å². The number of hydrogen-bond acceptors (Lipinski definition) is 5. The van der Waals surface area contributed by atoms with Gasteiger partial charge >= 0.3 is 0 Å². The minimum atomic E-state index is -0.247. The number of ketones is 3. The third-order valence-corrected chi connectivity index (χ3v) is 16.5. The highest BCUT2D eigenvalue weighted by atomic mass is 16.2. The molecule has 2 N–H and O–H groups in total. The standard InChI is InChI=1S/C20H20O.C19H18O.C15H25NO.C12H16O.C11H21NO/c1-5-15-6-10-17(11-7-15)19(21)18-12-8-16(9-13-18)14-20(2,3)4;1-5-14-6-8-15(9-7-14)18(20)16-10-12-17(13-11-16)19(2,3)4;1-14(2,3)13(17)16-15-7-10-4-11(8-15)6-12(5-10)9-15;1-12(2,3)11(13)9-10-7-5-4-6-8-10;1-9(2)11(13)12-8-10-6-4-3-5-7-10/h1,6-13H,14H2,2-4H3;1,6-13H,2-4H3;10-12H,4-9H2,1-3H3,(H,16,17);4-8H,9H2,1-3H3;9-10H,3-8H2,1-2H3,(H,12,13). The molecule has 5 aliphatic rings. The fourth-order valence-corrected chi connectivity index (χ4v) is 11.9. The summed E-state index contributed by atoms with van der Waals surface area (Å²) < 4.78 is 0. The molecule has 5 aromatic rings. The third kappa shape index (κ3) is 22.0. The van der Waals surface area contributed by atoms with Crippen LogP contribution in [0, 0.1) is 70.5 Å². The van der Waals surface area contributed by atoms with Gasteiger partial charge in [0, 0.05) is 68.6 Å². The molecule has 7 heteroatoms. The molecule has 0 aliphatic heterocycles. The van der Waals surface area contributed by atoms with E-state index >= 15 is 0 Å². The summed E-state index contributed by atoms with van der Waals surface area (Å²) in [6.07, 6.45) is 26.9. The van der Waals surface area contributed by atoms with Gasteiger partial charge in [-0.05, 0) is 158 Å². The average Bonchev–Trinajstić information content (AvgIpc) is 3.08. The van der Waals surface area contributed by atoms with Crippen LogP contribution in [0.3, 0.4) is 0 Å². The Morgan fingerprint density at radius 3 is 1.32 bits per heavy atom. The first-order valence-corrected chi connectivity index (χ1v) is 31.0. The molecule has 0 atom stereocenters. The van der Waals surface area contributed by atoms with Crippen molar-refractivity contribution in [3.05, 3.63) is 177 Å². The Kier molecular flexibility index (Phi) is 24.5. The fourth-order valence-electron chi connectivity index (χ4n) is 11.9. The Morgan fingerprint density at radius 2 is 0.952 bits per heavy atom. The lowest BCUT2D eigenvalue weighted by atomic mass is 9.53. The molecule has 5 aromatic carbocycles. The molecule has 84 heavy (non-hydrogen) atoms. The van der Waals surface area contributed by atoms with Gasteiger partial charge in [0.25, 0.3) is 0 Å². The second-order valence-corrected chi connectivity index (χ2v) is 29.0. The molecule has 0 radical (unpaired) electrons. The number of hydrogen-bond donors (Lipinski definition) is 2. The van der Waals surface area contributed by atoms with Crippen molar-refractivity contribution in [1.82, 2.24) is 10.6 Å². The number of benzene rings is 5. The van der Waals surface area contributed by atoms with Crippen molar-refractivity contribution in [3.8, 4) is 24.7 Å². The van der Waals surface area contributed by atoms with E-state index in [1.807, 2.05) is 134 Å². The van der Waals surface area contributed by atoms with Crippen LogP contribution in [0.15, 0.2) is 127 Å². The van der Waals surface area contributed by atoms with Gasteiger partial charge < -0.3 is 10.6 Å². The molecule has 5 fully saturated rings. The molecule has 0 spiro atoms. The molecular weight excluding hydrogens is 1030 g/mol. The lowest BCUT2D eigenvalue weighted by molar-refractivity contribution is -0.134. The van der Waals surface area contributed by atoms with Crippen molar-refractivity contribution in [3.63, 3.8) is 0 Å². The van der Waals surface area contributed by atoms with Crippen LogP contribution in [-0.2, 0) is 32.6 Å². The molecule has 0 aromatic heterocycles. The molecule has 5 saturated carbocycles. The van der Waals surface area contributed by atoms with Crippen LogP contribution in [0.2, 0.25) is 0 Å². The van der Waals surface area contributed by atoms with Crippen LogP contribution in [0.25, 0.3) is 0 Å². The van der Waals surface area contributed by atoms with E-state index in [2.05, 4.69) is 64.0 Å². The first-order chi connectivity index (χ1) is 39.4. The highest BCUT2D eigenvalue weighted by Gasteiger charge is 2.52. The summed E-state index contributed by atoms with van der Waals surface area (Å²) >= 11 is 0. The van der Waals surface area contributed by atoms with Crippen LogP contribution >= 0.6 is 0 Å². The van der Waals surface area contributed by atoms with Gasteiger partial charge in [-0.15, -0.1) is 12.8 Å². The molecule has 0 heterocycles. The van der Waals surface area contributed by atoms with Crippen LogP contribution < -0.4 is 10.6 Å². The largest absolute Gasteiger partial charge is 0.356 e. The first-order valence-electron chi connectivity index (χ1n) is 31.0. The summed E-state index contributed by atoms with van der Waals surface area (Å²) in [5.74, 6) is 9.47. The van der Waals surface area contributed by atoms with Crippen molar-refractivity contribution in [1.29, 1.82) is 0 Å². The molecule has 0 unspecified atom stereocenters. The Morgan fingerprint density at radius 1 is 0.536 bits per heavy atom. The van der Waals surface area contributed by atoms with Gasteiger partial charge in [0.05, 0.1) is 0 Å². The monoisotopic (exact) mass is 1130 g/mol.